The van der Waals surface area contributed by atoms with E-state index in [-0.39, 0.29) is 19.2 Å². The number of hydrogen-bond donors (Lipinski definition) is 1. The second-order valence-corrected chi connectivity index (χ2v) is 7.25. The summed E-state index contributed by atoms with van der Waals surface area (Å²) in [6.07, 6.45) is 5.47. The molecule has 0 amide bonds. The van der Waals surface area contributed by atoms with Gasteiger partial charge in [0.25, 0.3) is 0 Å². The third kappa shape index (κ3) is 4.44. The van der Waals surface area contributed by atoms with Crippen molar-refractivity contribution in [2.45, 2.75) is 19.7 Å². The number of nitrogens with zero attached hydrogens (tertiary/aromatic N) is 3. The molecule has 0 saturated heterocycles. The lowest BCUT2D eigenvalue weighted by atomic mass is 10.1. The van der Waals surface area contributed by atoms with Crippen LogP contribution in [-0.2, 0) is 19.7 Å². The van der Waals surface area contributed by atoms with E-state index in [4.69, 9.17) is 19.2 Å². The van der Waals surface area contributed by atoms with Crippen molar-refractivity contribution in [2.24, 2.45) is 0 Å². The van der Waals surface area contributed by atoms with Gasteiger partial charge in [0.2, 0.25) is 12.7 Å². The highest BCUT2D eigenvalue weighted by atomic mass is 19.1. The van der Waals surface area contributed by atoms with Crippen LogP contribution in [0, 0.1) is 5.82 Å². The largest absolute Gasteiger partial charge is 0.473 e. The van der Waals surface area contributed by atoms with Gasteiger partial charge >= 0.3 is 0 Å². The van der Waals surface area contributed by atoms with E-state index in [1.807, 2.05) is 35.0 Å². The monoisotopic (exact) mass is 420 g/mol. The van der Waals surface area contributed by atoms with E-state index >= 15 is 0 Å². The van der Waals surface area contributed by atoms with Gasteiger partial charge in [0.1, 0.15) is 12.4 Å². The average Bonchev–Trinajstić information content (AvgIpc) is 3.45. The van der Waals surface area contributed by atoms with Crippen molar-refractivity contribution in [3.05, 3.63) is 78.1 Å². The van der Waals surface area contributed by atoms with Crippen LogP contribution in [-0.4, -0.2) is 27.9 Å². The Kier molecular flexibility index (Phi) is 5.37. The highest BCUT2D eigenvalue weighted by Gasteiger charge is 2.17. The molecule has 2 aromatic heterocycles. The highest BCUT2D eigenvalue weighted by Crippen LogP contribution is 2.37. The van der Waals surface area contributed by atoms with Crippen molar-refractivity contribution >= 4 is 10.9 Å². The number of ether oxygens (including phenoxy) is 3. The predicted molar refractivity (Wildman–Crippen MR) is 113 cm³/mol. The molecular formula is C23H21FN4O3. The molecule has 0 radical (unpaired) electrons. The smallest absolute Gasteiger partial charge is 0.231 e. The Morgan fingerprint density at radius 2 is 2.03 bits per heavy atom. The number of rotatable bonds is 8. The van der Waals surface area contributed by atoms with Gasteiger partial charge < -0.3 is 24.1 Å². The van der Waals surface area contributed by atoms with E-state index in [1.54, 1.807) is 18.6 Å². The molecule has 0 aliphatic carbocycles. The summed E-state index contributed by atoms with van der Waals surface area (Å²) in [6.45, 7) is 2.57. The summed E-state index contributed by atoms with van der Waals surface area (Å²) in [7, 11) is 0. The number of fused-ring (bicyclic) bond motifs is 2. The van der Waals surface area contributed by atoms with E-state index in [1.165, 1.54) is 12.1 Å². The summed E-state index contributed by atoms with van der Waals surface area (Å²) < 4.78 is 32.5. The minimum atomic E-state index is -0.290. The van der Waals surface area contributed by atoms with Crippen LogP contribution < -0.4 is 19.5 Å². The molecule has 158 valence electrons. The first-order valence-corrected chi connectivity index (χ1v) is 10.0. The van der Waals surface area contributed by atoms with Gasteiger partial charge in [-0.3, -0.25) is 0 Å². The fourth-order valence-electron chi connectivity index (χ4n) is 3.47. The molecule has 2 aromatic carbocycles. The Hall–Kier alpha value is -3.65. The maximum Gasteiger partial charge on any atom is 0.231 e. The van der Waals surface area contributed by atoms with E-state index in [0.29, 0.717) is 23.9 Å². The van der Waals surface area contributed by atoms with Gasteiger partial charge in [-0.2, -0.15) is 0 Å². The Morgan fingerprint density at radius 3 is 2.87 bits per heavy atom. The van der Waals surface area contributed by atoms with Crippen molar-refractivity contribution in [2.75, 3.05) is 13.3 Å². The molecule has 0 saturated carbocycles. The Labute approximate surface area is 178 Å². The number of halogens is 1. The number of pyridine rings is 1. The molecule has 8 heteroatoms. The number of benzene rings is 2. The Balaban J connectivity index is 1.37. The molecule has 3 heterocycles. The SMILES string of the molecule is Fc1cccc(COc2nc3cc4c(cc3cc2CNCCn2ccnc2)OCO4)c1. The quantitative estimate of drug-likeness (QED) is 0.439. The molecule has 0 fully saturated rings. The van der Waals surface area contributed by atoms with Gasteiger partial charge in [0, 0.05) is 49.0 Å². The van der Waals surface area contributed by atoms with Crippen LogP contribution in [0.15, 0.2) is 61.2 Å². The van der Waals surface area contributed by atoms with Crippen LogP contribution in [0.3, 0.4) is 0 Å². The Bertz CT molecular complexity index is 1200. The average molecular weight is 420 g/mol. The molecule has 0 spiro atoms. The first-order chi connectivity index (χ1) is 15.2. The molecule has 1 aliphatic rings. The van der Waals surface area contributed by atoms with E-state index in [9.17, 15) is 4.39 Å². The van der Waals surface area contributed by atoms with Gasteiger partial charge in [-0.15, -0.1) is 0 Å². The summed E-state index contributed by atoms with van der Waals surface area (Å²) >= 11 is 0. The summed E-state index contributed by atoms with van der Waals surface area (Å²) in [5, 5.41) is 4.36. The molecular weight excluding hydrogens is 399 g/mol. The van der Waals surface area contributed by atoms with Crippen molar-refractivity contribution in [1.82, 2.24) is 19.9 Å². The van der Waals surface area contributed by atoms with Crippen LogP contribution >= 0.6 is 0 Å². The standard InChI is InChI=1S/C23H21FN4O3/c24-19-3-1-2-16(8-19)13-29-23-18(12-25-4-6-28-7-5-26-14-28)9-17-10-21-22(31-15-30-21)11-20(17)27-23/h1-3,5,7-11,14,25H,4,6,12-13,15H2. The zero-order valence-electron chi connectivity index (χ0n) is 16.8. The number of nitrogens with one attached hydrogen (secondary N) is 1. The molecule has 5 rings (SSSR count). The first-order valence-electron chi connectivity index (χ1n) is 10.0. The summed E-state index contributed by atoms with van der Waals surface area (Å²) in [5.41, 5.74) is 2.40. The second kappa shape index (κ2) is 8.61. The molecule has 1 aliphatic heterocycles. The molecule has 7 nitrogen and oxygen atoms in total. The Morgan fingerprint density at radius 1 is 1.13 bits per heavy atom. The fraction of sp³-hybridized carbons (Fsp3) is 0.217. The maximum atomic E-state index is 13.5. The number of hydrogen-bond acceptors (Lipinski definition) is 6. The first kappa shape index (κ1) is 19.3. The van der Waals surface area contributed by atoms with Gasteiger partial charge in [0.15, 0.2) is 11.5 Å². The van der Waals surface area contributed by atoms with Crippen LogP contribution in [0.25, 0.3) is 10.9 Å². The molecule has 31 heavy (non-hydrogen) atoms. The van der Waals surface area contributed by atoms with Gasteiger partial charge in [-0.25, -0.2) is 14.4 Å². The van der Waals surface area contributed by atoms with Gasteiger partial charge in [0.05, 0.1) is 11.8 Å². The lowest BCUT2D eigenvalue weighted by molar-refractivity contribution is 0.174. The predicted octanol–water partition coefficient (Wildman–Crippen LogP) is 3.67. The van der Waals surface area contributed by atoms with Crippen LogP contribution in [0.1, 0.15) is 11.1 Å². The van der Waals surface area contributed by atoms with Crippen LogP contribution in [0.4, 0.5) is 4.39 Å². The van der Waals surface area contributed by atoms with Crippen molar-refractivity contribution in [3.63, 3.8) is 0 Å². The maximum absolute atomic E-state index is 13.5. The lowest BCUT2D eigenvalue weighted by Gasteiger charge is -2.13. The lowest BCUT2D eigenvalue weighted by Crippen LogP contribution is -2.19. The van der Waals surface area contributed by atoms with E-state index in [0.717, 1.165) is 35.1 Å². The summed E-state index contributed by atoms with van der Waals surface area (Å²) in [4.78, 5) is 8.76. The molecule has 1 N–H and O–H groups in total. The topological polar surface area (TPSA) is 70.4 Å². The minimum Gasteiger partial charge on any atom is -0.473 e. The summed E-state index contributed by atoms with van der Waals surface area (Å²) in [5.74, 6) is 1.59. The normalized spacial score (nSPS) is 12.4. The zero-order valence-corrected chi connectivity index (χ0v) is 16.8. The van der Waals surface area contributed by atoms with Crippen LogP contribution in [0.2, 0.25) is 0 Å². The minimum absolute atomic E-state index is 0.206. The van der Waals surface area contributed by atoms with Crippen molar-refractivity contribution < 1.29 is 18.6 Å². The zero-order chi connectivity index (χ0) is 21.0. The molecule has 0 unspecified atom stereocenters. The molecule has 4 aromatic rings. The second-order valence-electron chi connectivity index (χ2n) is 7.25. The van der Waals surface area contributed by atoms with Crippen molar-refractivity contribution in [3.8, 4) is 17.4 Å². The molecule has 0 atom stereocenters. The van der Waals surface area contributed by atoms with Crippen molar-refractivity contribution in [1.29, 1.82) is 0 Å². The van der Waals surface area contributed by atoms with Gasteiger partial charge in [-0.1, -0.05) is 12.1 Å². The van der Waals surface area contributed by atoms with Gasteiger partial charge in [-0.05, 0) is 29.8 Å². The fourth-order valence-corrected chi connectivity index (χ4v) is 3.47. The van der Waals surface area contributed by atoms with E-state index in [2.05, 4.69) is 10.3 Å². The number of imidazole rings is 1. The third-order valence-corrected chi connectivity index (χ3v) is 5.03. The van der Waals surface area contributed by atoms with E-state index < -0.39 is 0 Å². The third-order valence-electron chi connectivity index (χ3n) is 5.03. The van der Waals surface area contributed by atoms with Crippen LogP contribution in [0.5, 0.6) is 17.4 Å². The molecule has 0 bridgehead atoms. The number of aromatic nitrogens is 3. The highest BCUT2D eigenvalue weighted by molar-refractivity contribution is 5.84. The summed E-state index contributed by atoms with van der Waals surface area (Å²) in [6, 6.07) is 12.2.